The fourth-order valence-corrected chi connectivity index (χ4v) is 1.35. The van der Waals surface area contributed by atoms with Gasteiger partial charge in [-0.2, -0.15) is 13.2 Å². The fraction of sp³-hybridized carbons (Fsp3) is 0.417. The number of aliphatic hydroxyl groups excluding tert-OH is 1. The number of esters is 1. The lowest BCUT2D eigenvalue weighted by atomic mass is 10.1. The Kier molecular flexibility index (Phi) is 4.77. The van der Waals surface area contributed by atoms with Crippen LogP contribution in [0.25, 0.3) is 0 Å². The van der Waals surface area contributed by atoms with E-state index in [0.29, 0.717) is 6.07 Å². The Morgan fingerprint density at radius 3 is 2.53 bits per heavy atom. The van der Waals surface area contributed by atoms with E-state index in [1.54, 1.807) is 0 Å². The number of benzene rings is 1. The van der Waals surface area contributed by atoms with Gasteiger partial charge in [0.1, 0.15) is 12.4 Å². The van der Waals surface area contributed by atoms with E-state index in [2.05, 4.69) is 4.74 Å². The molecule has 0 aliphatic rings. The second kappa shape index (κ2) is 5.92. The summed E-state index contributed by atoms with van der Waals surface area (Å²) in [6.45, 7) is 1.29. The van der Waals surface area contributed by atoms with Gasteiger partial charge in [-0.1, -0.05) is 0 Å². The lowest BCUT2D eigenvalue weighted by Crippen LogP contribution is -2.16. The number of aliphatic hydroxyl groups is 1. The first-order valence-electron chi connectivity index (χ1n) is 5.36. The van der Waals surface area contributed by atoms with Gasteiger partial charge < -0.3 is 14.6 Å². The van der Waals surface area contributed by atoms with Gasteiger partial charge >= 0.3 is 12.1 Å². The third kappa shape index (κ3) is 4.13. The van der Waals surface area contributed by atoms with Crippen molar-refractivity contribution in [3.05, 3.63) is 29.3 Å². The van der Waals surface area contributed by atoms with Crippen molar-refractivity contribution in [3.63, 3.8) is 0 Å². The van der Waals surface area contributed by atoms with Crippen LogP contribution in [0.3, 0.4) is 0 Å². The van der Waals surface area contributed by atoms with E-state index in [4.69, 9.17) is 9.84 Å². The van der Waals surface area contributed by atoms with E-state index >= 15 is 0 Å². The van der Waals surface area contributed by atoms with Crippen molar-refractivity contribution in [3.8, 4) is 5.75 Å². The average molecular weight is 278 g/mol. The third-order valence-electron chi connectivity index (χ3n) is 2.19. The number of alkyl halides is 3. The molecule has 0 saturated carbocycles. The van der Waals surface area contributed by atoms with Crippen molar-refractivity contribution in [2.75, 3.05) is 13.7 Å². The molecular weight excluding hydrogens is 265 g/mol. The molecule has 4 nitrogen and oxygen atoms in total. The van der Waals surface area contributed by atoms with E-state index in [-0.39, 0.29) is 12.4 Å². The minimum Gasteiger partial charge on any atom is -0.491 e. The van der Waals surface area contributed by atoms with Crippen LogP contribution in [0.2, 0.25) is 0 Å². The van der Waals surface area contributed by atoms with Crippen molar-refractivity contribution < 1.29 is 32.5 Å². The van der Waals surface area contributed by atoms with Gasteiger partial charge in [-0.3, -0.25) is 0 Å². The number of halogens is 3. The topological polar surface area (TPSA) is 55.8 Å². The van der Waals surface area contributed by atoms with Gasteiger partial charge in [-0.05, 0) is 25.1 Å². The van der Waals surface area contributed by atoms with Crippen molar-refractivity contribution >= 4 is 5.97 Å². The molecule has 0 radical (unpaired) electrons. The maximum absolute atomic E-state index is 12.8. The Morgan fingerprint density at radius 1 is 1.42 bits per heavy atom. The molecule has 0 spiro atoms. The SMILES string of the molecule is COC(=O)c1ccc(OC[C@@H](C)O)cc1C(F)(F)F. The highest BCUT2D eigenvalue weighted by Crippen LogP contribution is 2.34. The summed E-state index contributed by atoms with van der Waals surface area (Å²) >= 11 is 0. The van der Waals surface area contributed by atoms with Gasteiger partial charge in [0.05, 0.1) is 24.3 Å². The first-order chi connectivity index (χ1) is 8.75. The summed E-state index contributed by atoms with van der Waals surface area (Å²) in [6.07, 6.45) is -5.51. The van der Waals surface area contributed by atoms with Gasteiger partial charge in [0.15, 0.2) is 0 Å². The highest BCUT2D eigenvalue weighted by Gasteiger charge is 2.36. The smallest absolute Gasteiger partial charge is 0.417 e. The number of hydrogen-bond donors (Lipinski definition) is 1. The number of hydrogen-bond acceptors (Lipinski definition) is 4. The molecule has 1 N–H and O–H groups in total. The molecule has 1 atom stereocenters. The second-order valence-corrected chi connectivity index (χ2v) is 3.86. The zero-order valence-corrected chi connectivity index (χ0v) is 10.3. The van der Waals surface area contributed by atoms with Crippen LogP contribution in [0, 0.1) is 0 Å². The number of carbonyl (C=O) groups excluding carboxylic acids is 1. The van der Waals surface area contributed by atoms with Crippen LogP contribution >= 0.6 is 0 Å². The average Bonchev–Trinajstić information content (AvgIpc) is 2.34. The Bertz CT molecular complexity index is 455. The molecular formula is C12H13F3O4. The monoisotopic (exact) mass is 278 g/mol. The molecule has 1 aromatic carbocycles. The molecule has 0 aliphatic heterocycles. The van der Waals surface area contributed by atoms with Gasteiger partial charge in [-0.25, -0.2) is 4.79 Å². The molecule has 0 bridgehead atoms. The fourth-order valence-electron chi connectivity index (χ4n) is 1.35. The van der Waals surface area contributed by atoms with Crippen molar-refractivity contribution in [2.45, 2.75) is 19.2 Å². The number of carbonyl (C=O) groups is 1. The first-order valence-corrected chi connectivity index (χ1v) is 5.36. The van der Waals surface area contributed by atoms with Crippen LogP contribution in [-0.2, 0) is 10.9 Å². The Morgan fingerprint density at radius 2 is 2.05 bits per heavy atom. The van der Waals surface area contributed by atoms with Crippen molar-refractivity contribution in [2.24, 2.45) is 0 Å². The molecule has 0 aliphatic carbocycles. The number of methoxy groups -OCH3 is 1. The maximum atomic E-state index is 12.8. The van der Waals surface area contributed by atoms with E-state index in [1.807, 2.05) is 0 Å². The molecule has 0 heterocycles. The number of rotatable bonds is 4. The highest BCUT2D eigenvalue weighted by molar-refractivity contribution is 5.91. The van der Waals surface area contributed by atoms with E-state index < -0.39 is 29.4 Å². The maximum Gasteiger partial charge on any atom is 0.417 e. The second-order valence-electron chi connectivity index (χ2n) is 3.86. The van der Waals surface area contributed by atoms with Crippen LogP contribution in [0.5, 0.6) is 5.75 Å². The normalized spacial score (nSPS) is 12.9. The van der Waals surface area contributed by atoms with Crippen LogP contribution in [0.4, 0.5) is 13.2 Å². The lowest BCUT2D eigenvalue weighted by Gasteiger charge is -2.14. The quantitative estimate of drug-likeness (QED) is 0.858. The van der Waals surface area contributed by atoms with Gasteiger partial charge in [0, 0.05) is 0 Å². The van der Waals surface area contributed by atoms with E-state index in [0.717, 1.165) is 13.2 Å². The molecule has 0 saturated heterocycles. The Balaban J connectivity index is 3.12. The lowest BCUT2D eigenvalue weighted by molar-refractivity contribution is -0.138. The van der Waals surface area contributed by atoms with E-state index in [1.165, 1.54) is 13.0 Å². The summed E-state index contributed by atoms with van der Waals surface area (Å²) in [5.74, 6) is -1.16. The summed E-state index contributed by atoms with van der Waals surface area (Å²) in [5, 5.41) is 9.00. The van der Waals surface area contributed by atoms with Gasteiger partial charge in [0.2, 0.25) is 0 Å². The molecule has 0 amide bonds. The van der Waals surface area contributed by atoms with Crippen molar-refractivity contribution in [1.82, 2.24) is 0 Å². The summed E-state index contributed by atoms with van der Waals surface area (Å²) in [4.78, 5) is 11.3. The molecule has 19 heavy (non-hydrogen) atoms. The summed E-state index contributed by atoms with van der Waals surface area (Å²) < 4.78 is 47.7. The largest absolute Gasteiger partial charge is 0.491 e. The molecule has 106 valence electrons. The zero-order valence-electron chi connectivity index (χ0n) is 10.3. The van der Waals surface area contributed by atoms with Crippen LogP contribution < -0.4 is 4.74 Å². The molecule has 0 unspecified atom stereocenters. The van der Waals surface area contributed by atoms with Crippen LogP contribution in [-0.4, -0.2) is 30.9 Å². The minimum atomic E-state index is -4.70. The Hall–Kier alpha value is -1.76. The van der Waals surface area contributed by atoms with Crippen molar-refractivity contribution in [1.29, 1.82) is 0 Å². The summed E-state index contributed by atoms with van der Waals surface area (Å²) in [7, 11) is 1.00. The predicted octanol–water partition coefficient (Wildman–Crippen LogP) is 2.25. The standard InChI is InChI=1S/C12H13F3O4/c1-7(16)6-19-8-3-4-9(11(17)18-2)10(5-8)12(13,14)15/h3-5,7,16H,6H2,1-2H3/t7-/m1/s1. The van der Waals surface area contributed by atoms with Crippen LogP contribution in [0.15, 0.2) is 18.2 Å². The molecule has 1 rings (SSSR count). The molecule has 1 aromatic rings. The van der Waals surface area contributed by atoms with Gasteiger partial charge in [-0.15, -0.1) is 0 Å². The first kappa shape index (κ1) is 15.3. The molecule has 0 fully saturated rings. The zero-order chi connectivity index (χ0) is 14.6. The summed E-state index contributed by atoms with van der Waals surface area (Å²) in [5.41, 5.74) is -1.72. The Labute approximate surface area is 107 Å². The minimum absolute atomic E-state index is 0.0825. The predicted molar refractivity (Wildman–Crippen MR) is 60.0 cm³/mol. The van der Waals surface area contributed by atoms with Crippen LogP contribution in [0.1, 0.15) is 22.8 Å². The van der Waals surface area contributed by atoms with E-state index in [9.17, 15) is 18.0 Å². The third-order valence-corrected chi connectivity index (χ3v) is 2.19. The highest BCUT2D eigenvalue weighted by atomic mass is 19.4. The summed E-state index contributed by atoms with van der Waals surface area (Å²) in [6, 6.07) is 2.89. The van der Waals surface area contributed by atoms with Gasteiger partial charge in [0.25, 0.3) is 0 Å². The molecule has 7 heteroatoms. The number of ether oxygens (including phenoxy) is 2. The molecule has 0 aromatic heterocycles.